The van der Waals surface area contributed by atoms with Gasteiger partial charge in [-0.2, -0.15) is 0 Å². The Morgan fingerprint density at radius 2 is 1.61 bits per heavy atom. The van der Waals surface area contributed by atoms with Crippen molar-refractivity contribution in [3.63, 3.8) is 0 Å². The first-order chi connectivity index (χ1) is 10.3. The molecule has 0 atom stereocenters. The summed E-state index contributed by atoms with van der Waals surface area (Å²) in [6.07, 6.45) is 6.18. The number of nitrogens with zero attached hydrogens (tertiary/aromatic N) is 2. The molecule has 0 amide bonds. The first-order valence-corrected chi connectivity index (χ1v) is 7.72. The van der Waals surface area contributed by atoms with Crippen LogP contribution in [0.3, 0.4) is 0 Å². The molecule has 1 aliphatic heterocycles. The predicted molar refractivity (Wildman–Crippen MR) is 86.9 cm³/mol. The molecule has 6 heteroatoms. The summed E-state index contributed by atoms with van der Waals surface area (Å²) >= 11 is 0. The molecule has 0 unspecified atom stereocenters. The van der Waals surface area contributed by atoms with Crippen molar-refractivity contribution >= 4 is 12.6 Å². The van der Waals surface area contributed by atoms with Crippen LogP contribution in [0.25, 0.3) is 0 Å². The fourth-order valence-electron chi connectivity index (χ4n) is 2.57. The maximum Gasteiger partial charge on any atom is 0.494 e. The molecule has 0 spiro atoms. The Hall–Kier alpha value is -1.11. The fraction of sp³-hybridized carbons (Fsp3) is 0.471. The minimum Gasteiger partial charge on any atom is -1.00 e. The second kappa shape index (κ2) is 6.42. The van der Waals surface area contributed by atoms with E-state index in [1.165, 1.54) is 5.56 Å². The van der Waals surface area contributed by atoms with Crippen LogP contribution in [-0.2, 0) is 22.9 Å². The number of rotatable bonds is 3. The normalized spacial score (nSPS) is 18.7. The molecule has 23 heavy (non-hydrogen) atoms. The van der Waals surface area contributed by atoms with Gasteiger partial charge in [0.15, 0.2) is 0 Å². The van der Waals surface area contributed by atoms with Crippen LogP contribution in [0, 0.1) is 0 Å². The van der Waals surface area contributed by atoms with Gasteiger partial charge in [0.05, 0.1) is 18.2 Å². The van der Waals surface area contributed by atoms with Crippen LogP contribution in [0.1, 0.15) is 33.3 Å². The van der Waals surface area contributed by atoms with Gasteiger partial charge in [0.1, 0.15) is 18.9 Å². The Morgan fingerprint density at radius 1 is 1.04 bits per heavy atom. The minimum absolute atomic E-state index is 0. The zero-order chi connectivity index (χ0) is 16.0. The summed E-state index contributed by atoms with van der Waals surface area (Å²) in [5.41, 5.74) is 1.74. The lowest BCUT2D eigenvalue weighted by Gasteiger charge is -2.32. The third-order valence-corrected chi connectivity index (χ3v) is 4.69. The maximum absolute atomic E-state index is 6.08. The highest BCUT2D eigenvalue weighted by Crippen LogP contribution is 2.36. The first kappa shape index (κ1) is 18.2. The highest BCUT2D eigenvalue weighted by atomic mass is 79.9. The average Bonchev–Trinajstić information content (AvgIpc) is 2.92. The van der Waals surface area contributed by atoms with E-state index < -0.39 is 0 Å². The van der Waals surface area contributed by atoms with Gasteiger partial charge in [-0.15, -0.1) is 0 Å². The Bertz CT molecular complexity index is 651. The van der Waals surface area contributed by atoms with Gasteiger partial charge in [0, 0.05) is 0 Å². The number of imidazole rings is 1. The van der Waals surface area contributed by atoms with Gasteiger partial charge in [0.25, 0.3) is 0 Å². The van der Waals surface area contributed by atoms with E-state index in [-0.39, 0.29) is 35.3 Å². The van der Waals surface area contributed by atoms with Crippen LogP contribution in [0.4, 0.5) is 0 Å². The quantitative estimate of drug-likeness (QED) is 0.488. The van der Waals surface area contributed by atoms with Crippen molar-refractivity contribution in [3.05, 3.63) is 48.5 Å². The van der Waals surface area contributed by atoms with Crippen LogP contribution >= 0.6 is 0 Å². The van der Waals surface area contributed by atoms with Crippen molar-refractivity contribution in [3.8, 4) is 0 Å². The van der Waals surface area contributed by atoms with Crippen LogP contribution in [-0.4, -0.2) is 22.9 Å². The predicted octanol–water partition coefficient (Wildman–Crippen LogP) is -1.34. The fourth-order valence-corrected chi connectivity index (χ4v) is 2.57. The van der Waals surface area contributed by atoms with Gasteiger partial charge < -0.3 is 26.3 Å². The van der Waals surface area contributed by atoms with Crippen molar-refractivity contribution in [2.75, 3.05) is 0 Å². The van der Waals surface area contributed by atoms with E-state index in [1.54, 1.807) is 0 Å². The summed E-state index contributed by atoms with van der Waals surface area (Å²) in [5.74, 6) is 0. The third kappa shape index (κ3) is 3.70. The summed E-state index contributed by atoms with van der Waals surface area (Å²) in [7, 11) is 1.74. The van der Waals surface area contributed by atoms with Gasteiger partial charge in [-0.25, -0.2) is 9.13 Å². The van der Waals surface area contributed by atoms with Gasteiger partial charge >= 0.3 is 7.12 Å². The molecule has 0 aliphatic carbocycles. The molecular formula is C17H24BBrN2O2. The molecule has 3 rings (SSSR count). The largest absolute Gasteiger partial charge is 1.00 e. The number of aromatic nitrogens is 2. The van der Waals surface area contributed by atoms with E-state index in [0.29, 0.717) is 0 Å². The Labute approximate surface area is 149 Å². The molecule has 2 aromatic rings. The zero-order valence-electron chi connectivity index (χ0n) is 14.4. The standard InChI is InChI=1S/C17H24BN2O2.BrH/c1-16(2)17(3,4)22-18(21-16)15-8-6-14(7-9-15)12-20-11-10-19(5)13-20;/h6-11,13H,12H2,1-5H3;1H/q+1;/p-1. The van der Waals surface area contributed by atoms with Crippen LogP contribution in [0.2, 0.25) is 0 Å². The molecule has 0 bridgehead atoms. The second-order valence-electron chi connectivity index (χ2n) is 7.08. The van der Waals surface area contributed by atoms with Crippen molar-refractivity contribution < 1.29 is 30.9 Å². The lowest BCUT2D eigenvalue weighted by Crippen LogP contribution is -3.00. The Balaban J connectivity index is 0.00000192. The summed E-state index contributed by atoms with van der Waals surface area (Å²) in [6.45, 7) is 9.17. The van der Waals surface area contributed by atoms with E-state index in [4.69, 9.17) is 9.31 Å². The van der Waals surface area contributed by atoms with Crippen molar-refractivity contribution in [2.45, 2.75) is 45.4 Å². The SMILES string of the molecule is C[n+]1ccn(Cc2ccc(B3OC(C)(C)C(C)(C)O3)cc2)c1.[Br-]. The van der Waals surface area contributed by atoms with Gasteiger partial charge in [-0.05, 0) is 38.7 Å². The zero-order valence-corrected chi connectivity index (χ0v) is 16.0. The molecule has 1 aromatic carbocycles. The average molecular weight is 379 g/mol. The molecule has 0 N–H and O–H groups in total. The number of hydrogen-bond acceptors (Lipinski definition) is 2. The molecule has 124 valence electrons. The summed E-state index contributed by atoms with van der Waals surface area (Å²) in [6, 6.07) is 8.47. The molecule has 1 aromatic heterocycles. The van der Waals surface area contributed by atoms with Gasteiger partial charge in [-0.1, -0.05) is 24.3 Å². The lowest BCUT2D eigenvalue weighted by atomic mass is 9.79. The first-order valence-electron chi connectivity index (χ1n) is 7.72. The van der Waals surface area contributed by atoms with Gasteiger partial charge in [0.2, 0.25) is 6.33 Å². The van der Waals surface area contributed by atoms with Crippen molar-refractivity contribution in [1.82, 2.24) is 4.57 Å². The van der Waals surface area contributed by atoms with E-state index in [0.717, 1.165) is 12.0 Å². The van der Waals surface area contributed by atoms with E-state index in [9.17, 15) is 0 Å². The van der Waals surface area contributed by atoms with Gasteiger partial charge in [-0.3, -0.25) is 0 Å². The molecular weight excluding hydrogens is 355 g/mol. The molecule has 1 saturated heterocycles. The summed E-state index contributed by atoms with van der Waals surface area (Å²) in [5, 5.41) is 0. The smallest absolute Gasteiger partial charge is 0.494 e. The maximum atomic E-state index is 6.08. The van der Waals surface area contributed by atoms with E-state index in [2.05, 4.69) is 69.1 Å². The van der Waals surface area contributed by atoms with Crippen LogP contribution in [0.15, 0.2) is 43.0 Å². The van der Waals surface area contributed by atoms with Crippen LogP contribution in [0.5, 0.6) is 0 Å². The van der Waals surface area contributed by atoms with Crippen LogP contribution < -0.4 is 27.0 Å². The Morgan fingerprint density at radius 3 is 2.09 bits per heavy atom. The third-order valence-electron chi connectivity index (χ3n) is 4.69. The lowest BCUT2D eigenvalue weighted by molar-refractivity contribution is -0.671. The Kier molecular flexibility index (Phi) is 5.09. The number of benzene rings is 1. The highest BCUT2D eigenvalue weighted by molar-refractivity contribution is 6.62. The number of hydrogen-bond donors (Lipinski definition) is 0. The van der Waals surface area contributed by atoms with Crippen molar-refractivity contribution in [1.29, 1.82) is 0 Å². The van der Waals surface area contributed by atoms with E-state index in [1.807, 2.05) is 17.8 Å². The second-order valence-corrected chi connectivity index (χ2v) is 7.08. The molecule has 1 fully saturated rings. The van der Waals surface area contributed by atoms with E-state index >= 15 is 0 Å². The number of halogens is 1. The molecule has 4 nitrogen and oxygen atoms in total. The molecule has 2 heterocycles. The minimum atomic E-state index is -0.295. The topological polar surface area (TPSA) is 27.3 Å². The monoisotopic (exact) mass is 378 g/mol. The summed E-state index contributed by atoms with van der Waals surface area (Å²) in [4.78, 5) is 0. The number of aryl methyl sites for hydroxylation is 1. The molecule has 0 radical (unpaired) electrons. The van der Waals surface area contributed by atoms with Crippen molar-refractivity contribution in [2.24, 2.45) is 7.05 Å². The summed E-state index contributed by atoms with van der Waals surface area (Å²) < 4.78 is 16.4. The molecule has 1 aliphatic rings. The highest BCUT2D eigenvalue weighted by Gasteiger charge is 2.51. The molecule has 0 saturated carbocycles.